The van der Waals surface area contributed by atoms with E-state index in [2.05, 4.69) is 0 Å². The zero-order valence-corrected chi connectivity index (χ0v) is 9.86. The Kier molecular flexibility index (Phi) is 2.86. The number of aromatic hydroxyl groups is 2. The molecule has 0 saturated carbocycles. The van der Waals surface area contributed by atoms with Gasteiger partial charge in [0.05, 0.1) is 0 Å². The summed E-state index contributed by atoms with van der Waals surface area (Å²) in [6.45, 7) is 0.566. The lowest BCUT2D eigenvalue weighted by molar-refractivity contribution is -0.259. The van der Waals surface area contributed by atoms with Crippen LogP contribution in [0.5, 0.6) is 11.5 Å². The fraction of sp³-hybridized carbons (Fsp3) is 0.231. The van der Waals surface area contributed by atoms with Crippen molar-refractivity contribution in [2.45, 2.75) is 18.7 Å². The number of phenolic OH excluding ortho intramolecular Hbond substituents is 2. The van der Waals surface area contributed by atoms with Gasteiger partial charge in [0.1, 0.15) is 11.5 Å². The molecule has 0 fully saturated rings. The second-order valence-corrected chi connectivity index (χ2v) is 4.44. The van der Waals surface area contributed by atoms with E-state index in [1.165, 1.54) is 18.2 Å². The van der Waals surface area contributed by atoms with Gasteiger partial charge in [0, 0.05) is 10.9 Å². The molecule has 6 heteroatoms. The summed E-state index contributed by atoms with van der Waals surface area (Å²) in [6, 6.07) is 6.30. The van der Waals surface area contributed by atoms with Crippen LogP contribution >= 0.6 is 0 Å². The maximum atomic E-state index is 12.8. The van der Waals surface area contributed by atoms with Crippen LogP contribution in [0.4, 0.5) is 13.2 Å². The standard InChI is InChI=1S/C13H11F3O3/c1-12(19,13(14,15)16)9-5-7-3-2-4-10(17)8(7)6-11(9)18/h2-6,17-19H,1H3. The van der Waals surface area contributed by atoms with Crippen LogP contribution in [-0.4, -0.2) is 21.5 Å². The molecule has 1 atom stereocenters. The van der Waals surface area contributed by atoms with Crippen LogP contribution in [0.1, 0.15) is 12.5 Å². The van der Waals surface area contributed by atoms with Crippen molar-refractivity contribution >= 4 is 10.8 Å². The Labute approximate surface area is 106 Å². The molecule has 19 heavy (non-hydrogen) atoms. The molecule has 3 N–H and O–H groups in total. The van der Waals surface area contributed by atoms with E-state index in [1.54, 1.807) is 0 Å². The van der Waals surface area contributed by atoms with E-state index < -0.39 is 23.1 Å². The molecule has 0 aliphatic carbocycles. The maximum Gasteiger partial charge on any atom is 0.421 e. The number of rotatable bonds is 1. The van der Waals surface area contributed by atoms with Gasteiger partial charge in [0.25, 0.3) is 0 Å². The van der Waals surface area contributed by atoms with Gasteiger partial charge in [-0.2, -0.15) is 13.2 Å². The van der Waals surface area contributed by atoms with Crippen LogP contribution < -0.4 is 0 Å². The van der Waals surface area contributed by atoms with Crippen molar-refractivity contribution in [2.75, 3.05) is 0 Å². The molecule has 2 rings (SSSR count). The van der Waals surface area contributed by atoms with Gasteiger partial charge in [-0.15, -0.1) is 0 Å². The van der Waals surface area contributed by atoms with Crippen LogP contribution in [0.3, 0.4) is 0 Å². The van der Waals surface area contributed by atoms with Crippen LogP contribution in [0, 0.1) is 0 Å². The van der Waals surface area contributed by atoms with Gasteiger partial charge in [-0.25, -0.2) is 0 Å². The van der Waals surface area contributed by atoms with Gasteiger partial charge in [0.2, 0.25) is 0 Å². The number of halogens is 3. The number of alkyl halides is 3. The molecule has 0 bridgehead atoms. The summed E-state index contributed by atoms with van der Waals surface area (Å²) in [5, 5.41) is 29.3. The quantitative estimate of drug-likeness (QED) is 0.747. The van der Waals surface area contributed by atoms with Gasteiger partial charge in [-0.05, 0) is 30.5 Å². The van der Waals surface area contributed by atoms with Crippen LogP contribution in [0.15, 0.2) is 30.3 Å². The lowest BCUT2D eigenvalue weighted by atomic mass is 9.92. The first-order chi connectivity index (χ1) is 8.64. The van der Waals surface area contributed by atoms with Crippen molar-refractivity contribution in [1.29, 1.82) is 0 Å². The number of hydrogen-bond acceptors (Lipinski definition) is 3. The smallest absolute Gasteiger partial charge is 0.421 e. The highest BCUT2D eigenvalue weighted by Crippen LogP contribution is 2.44. The summed E-state index contributed by atoms with van der Waals surface area (Å²) in [7, 11) is 0. The van der Waals surface area contributed by atoms with Gasteiger partial charge >= 0.3 is 6.18 Å². The molecule has 0 aromatic heterocycles. The van der Waals surface area contributed by atoms with E-state index in [0.29, 0.717) is 6.92 Å². The fourth-order valence-electron chi connectivity index (χ4n) is 1.84. The second-order valence-electron chi connectivity index (χ2n) is 4.44. The second kappa shape index (κ2) is 4.03. The van der Waals surface area contributed by atoms with Gasteiger partial charge in [-0.1, -0.05) is 12.1 Å². The van der Waals surface area contributed by atoms with Gasteiger partial charge in [-0.3, -0.25) is 0 Å². The van der Waals surface area contributed by atoms with Gasteiger partial charge < -0.3 is 15.3 Å². The average Bonchev–Trinajstić information content (AvgIpc) is 2.28. The van der Waals surface area contributed by atoms with E-state index in [4.69, 9.17) is 0 Å². The van der Waals surface area contributed by atoms with Crippen molar-refractivity contribution < 1.29 is 28.5 Å². The Morgan fingerprint density at radius 3 is 2.21 bits per heavy atom. The molecule has 3 nitrogen and oxygen atoms in total. The fourth-order valence-corrected chi connectivity index (χ4v) is 1.84. The number of benzene rings is 2. The summed E-state index contributed by atoms with van der Waals surface area (Å²) < 4.78 is 38.3. The minimum Gasteiger partial charge on any atom is -0.508 e. The Morgan fingerprint density at radius 1 is 1.00 bits per heavy atom. The third-order valence-electron chi connectivity index (χ3n) is 3.05. The molecule has 0 saturated heterocycles. The molecule has 2 aromatic carbocycles. The van der Waals surface area contributed by atoms with Crippen molar-refractivity contribution in [1.82, 2.24) is 0 Å². The predicted octanol–water partition coefficient (Wildman–Crippen LogP) is 3.02. The highest BCUT2D eigenvalue weighted by molar-refractivity contribution is 5.90. The molecule has 0 aliphatic heterocycles. The molecule has 102 valence electrons. The van der Waals surface area contributed by atoms with Crippen LogP contribution in [0.25, 0.3) is 10.8 Å². The van der Waals surface area contributed by atoms with Gasteiger partial charge in [0.15, 0.2) is 5.60 Å². The molecular formula is C13H11F3O3. The van der Waals surface area contributed by atoms with E-state index in [0.717, 1.165) is 12.1 Å². The van der Waals surface area contributed by atoms with Crippen molar-refractivity contribution in [3.05, 3.63) is 35.9 Å². The van der Waals surface area contributed by atoms with E-state index in [-0.39, 0.29) is 16.5 Å². The van der Waals surface area contributed by atoms with Crippen LogP contribution in [0.2, 0.25) is 0 Å². The maximum absolute atomic E-state index is 12.8. The monoisotopic (exact) mass is 272 g/mol. The number of fused-ring (bicyclic) bond motifs is 1. The Hall–Kier alpha value is -1.95. The summed E-state index contributed by atoms with van der Waals surface area (Å²) in [5.74, 6) is -0.887. The molecule has 1 unspecified atom stereocenters. The zero-order chi connectivity index (χ0) is 14.4. The minimum atomic E-state index is -4.92. The number of hydrogen-bond donors (Lipinski definition) is 3. The summed E-state index contributed by atoms with van der Waals surface area (Å²) in [5.41, 5.74) is -3.82. The Morgan fingerprint density at radius 2 is 1.63 bits per heavy atom. The third-order valence-corrected chi connectivity index (χ3v) is 3.05. The first-order valence-corrected chi connectivity index (χ1v) is 5.39. The Bertz CT molecular complexity index is 633. The summed E-state index contributed by atoms with van der Waals surface area (Å²) in [6.07, 6.45) is -4.92. The normalized spacial score (nSPS) is 15.4. The van der Waals surface area contributed by atoms with E-state index in [1.807, 2.05) is 0 Å². The molecular weight excluding hydrogens is 261 g/mol. The molecule has 2 aromatic rings. The van der Waals surface area contributed by atoms with E-state index in [9.17, 15) is 28.5 Å². The topological polar surface area (TPSA) is 60.7 Å². The highest BCUT2D eigenvalue weighted by Gasteiger charge is 2.52. The molecule has 0 heterocycles. The lowest BCUT2D eigenvalue weighted by Crippen LogP contribution is -2.39. The van der Waals surface area contributed by atoms with Crippen molar-refractivity contribution in [2.24, 2.45) is 0 Å². The van der Waals surface area contributed by atoms with Crippen LogP contribution in [-0.2, 0) is 5.60 Å². The highest BCUT2D eigenvalue weighted by atomic mass is 19.4. The van der Waals surface area contributed by atoms with Crippen molar-refractivity contribution in [3.8, 4) is 11.5 Å². The molecule has 0 radical (unpaired) electrons. The largest absolute Gasteiger partial charge is 0.508 e. The lowest BCUT2D eigenvalue weighted by Gasteiger charge is -2.27. The number of phenols is 2. The SMILES string of the molecule is CC(O)(c1cc2cccc(O)c2cc1O)C(F)(F)F. The minimum absolute atomic E-state index is 0.161. The van der Waals surface area contributed by atoms with E-state index >= 15 is 0 Å². The average molecular weight is 272 g/mol. The zero-order valence-electron chi connectivity index (χ0n) is 9.86. The van der Waals surface area contributed by atoms with Crippen molar-refractivity contribution in [3.63, 3.8) is 0 Å². The Balaban J connectivity index is 2.73. The predicted molar refractivity (Wildman–Crippen MR) is 62.9 cm³/mol. The molecule has 0 spiro atoms. The summed E-state index contributed by atoms with van der Waals surface area (Å²) in [4.78, 5) is 0. The summed E-state index contributed by atoms with van der Waals surface area (Å²) >= 11 is 0. The molecule has 0 amide bonds. The first kappa shape index (κ1) is 13.5. The third kappa shape index (κ3) is 2.08. The molecule has 0 aliphatic rings. The first-order valence-electron chi connectivity index (χ1n) is 5.39. The number of aliphatic hydroxyl groups is 1.